The summed E-state index contributed by atoms with van der Waals surface area (Å²) in [5.41, 5.74) is 1.72. The molecular weight excluding hydrogens is 498 g/mol. The van der Waals surface area contributed by atoms with Crippen molar-refractivity contribution < 1.29 is 33.7 Å². The lowest BCUT2D eigenvalue weighted by Crippen LogP contribution is -3.10. The molecule has 2 aromatic carbocycles. The lowest BCUT2D eigenvalue weighted by Gasteiger charge is -2.24. The first-order valence-corrected chi connectivity index (χ1v) is 12.5. The summed E-state index contributed by atoms with van der Waals surface area (Å²) >= 11 is 1.30. The van der Waals surface area contributed by atoms with Crippen LogP contribution in [0.3, 0.4) is 0 Å². The van der Waals surface area contributed by atoms with Gasteiger partial charge in [0.15, 0.2) is 0 Å². The molecule has 3 aromatic rings. The van der Waals surface area contributed by atoms with E-state index in [-0.39, 0.29) is 17.7 Å². The van der Waals surface area contributed by atoms with E-state index in [9.17, 15) is 24.5 Å². The fourth-order valence-corrected chi connectivity index (χ4v) is 5.64. The highest BCUT2D eigenvalue weighted by atomic mass is 32.1. The molecule has 0 bridgehead atoms. The van der Waals surface area contributed by atoms with Crippen LogP contribution in [0, 0.1) is 10.1 Å². The Bertz CT molecular complexity index is 1350. The number of carbonyl (C=O) groups excluding carboxylic acids is 3. The molecule has 37 heavy (non-hydrogen) atoms. The molecule has 0 saturated heterocycles. The molecule has 4 rings (SSSR count). The Kier molecular flexibility index (Phi) is 7.95. The number of esters is 2. The molecule has 2 heterocycles. The molecule has 11 heteroatoms. The average Bonchev–Trinajstić information content (AvgIpc) is 3.25. The van der Waals surface area contributed by atoms with Gasteiger partial charge in [0.25, 0.3) is 11.6 Å². The highest BCUT2D eigenvalue weighted by Crippen LogP contribution is 2.36. The first kappa shape index (κ1) is 26.0. The van der Waals surface area contributed by atoms with Crippen molar-refractivity contribution in [1.82, 2.24) is 0 Å². The highest BCUT2D eigenvalue weighted by molar-refractivity contribution is 7.17. The van der Waals surface area contributed by atoms with Crippen LogP contribution in [0.1, 0.15) is 54.0 Å². The minimum absolute atomic E-state index is 0.105. The van der Waals surface area contributed by atoms with E-state index in [4.69, 9.17) is 4.74 Å². The maximum atomic E-state index is 13.2. The predicted octanol–water partition coefficient (Wildman–Crippen LogP) is 3.01. The smallest absolute Gasteiger partial charge is 0.341 e. The van der Waals surface area contributed by atoms with Gasteiger partial charge >= 0.3 is 11.9 Å². The molecular formula is C26H26N3O7S+. The Morgan fingerprint density at radius 3 is 2.51 bits per heavy atom. The van der Waals surface area contributed by atoms with Crippen LogP contribution in [0.2, 0.25) is 0 Å². The molecule has 0 fully saturated rings. The van der Waals surface area contributed by atoms with Crippen molar-refractivity contribution in [1.29, 1.82) is 0 Å². The van der Waals surface area contributed by atoms with E-state index in [2.05, 4.69) is 22.2 Å². The Morgan fingerprint density at radius 2 is 1.84 bits per heavy atom. The molecule has 0 spiro atoms. The summed E-state index contributed by atoms with van der Waals surface area (Å²) < 4.78 is 9.93. The number of rotatable bonds is 8. The summed E-state index contributed by atoms with van der Waals surface area (Å²) in [6, 6.07) is 13.5. The van der Waals surface area contributed by atoms with E-state index in [0.717, 1.165) is 42.8 Å². The second kappa shape index (κ2) is 11.3. The van der Waals surface area contributed by atoms with Crippen LogP contribution < -0.4 is 10.2 Å². The summed E-state index contributed by atoms with van der Waals surface area (Å²) in [5.74, 6) is -2.03. The molecule has 0 radical (unpaired) electrons. The van der Waals surface area contributed by atoms with Crippen LogP contribution >= 0.6 is 11.3 Å². The fourth-order valence-electron chi connectivity index (χ4n) is 4.34. The standard InChI is InChI=1S/C26H25N3O7S/c1-3-36-26(32)22-20-9-10-28(14-16-7-5-4-6-8-16)15-21(20)37-24(22)27-23(30)17-11-18(25(31)35-2)13-19(12-17)29(33)34/h4-8,11-13H,3,9-10,14-15H2,1-2H3,(H,27,30)/p+1. The quantitative estimate of drug-likeness (QED) is 0.263. The number of amides is 1. The third-order valence-electron chi connectivity index (χ3n) is 6.05. The van der Waals surface area contributed by atoms with Gasteiger partial charge in [0.1, 0.15) is 18.1 Å². The number of thiophene rings is 1. The maximum absolute atomic E-state index is 13.2. The van der Waals surface area contributed by atoms with E-state index in [1.807, 2.05) is 18.2 Å². The normalized spacial score (nSPS) is 14.4. The van der Waals surface area contributed by atoms with Gasteiger partial charge in [-0.1, -0.05) is 30.3 Å². The van der Waals surface area contributed by atoms with Gasteiger partial charge in [-0.05, 0) is 18.6 Å². The van der Waals surface area contributed by atoms with E-state index < -0.39 is 28.5 Å². The number of fused-ring (bicyclic) bond motifs is 1. The number of nitrogens with zero attached hydrogens (tertiary/aromatic N) is 1. The zero-order valence-corrected chi connectivity index (χ0v) is 21.2. The number of methoxy groups -OCH3 is 1. The van der Waals surface area contributed by atoms with Crippen LogP contribution in [-0.2, 0) is 29.0 Å². The van der Waals surface area contributed by atoms with E-state index in [1.54, 1.807) is 6.92 Å². The monoisotopic (exact) mass is 524 g/mol. The molecule has 1 aromatic heterocycles. The Hall–Kier alpha value is -4.09. The molecule has 192 valence electrons. The Balaban J connectivity index is 1.64. The third kappa shape index (κ3) is 5.84. The molecule has 1 aliphatic rings. The second-order valence-corrected chi connectivity index (χ2v) is 9.59. The summed E-state index contributed by atoms with van der Waals surface area (Å²) in [6.07, 6.45) is 0.640. The predicted molar refractivity (Wildman–Crippen MR) is 136 cm³/mol. The number of nitro groups is 1. The highest BCUT2D eigenvalue weighted by Gasteiger charge is 2.32. The fraction of sp³-hybridized carbons (Fsp3) is 0.269. The van der Waals surface area contributed by atoms with Gasteiger partial charge in [-0.15, -0.1) is 11.3 Å². The lowest BCUT2D eigenvalue weighted by molar-refractivity contribution is -0.929. The number of hydrogen-bond acceptors (Lipinski definition) is 8. The van der Waals surface area contributed by atoms with Gasteiger partial charge < -0.3 is 19.7 Å². The summed E-state index contributed by atoms with van der Waals surface area (Å²) in [4.78, 5) is 51.0. The minimum Gasteiger partial charge on any atom is -0.465 e. The van der Waals surface area contributed by atoms with Gasteiger partial charge in [-0.3, -0.25) is 14.9 Å². The van der Waals surface area contributed by atoms with Gasteiger partial charge in [0.2, 0.25) is 0 Å². The number of benzene rings is 2. The Labute approximate surface area is 217 Å². The van der Waals surface area contributed by atoms with Crippen LogP contribution in [-0.4, -0.2) is 43.0 Å². The van der Waals surface area contributed by atoms with Crippen molar-refractivity contribution in [3.05, 3.63) is 91.3 Å². The zero-order valence-electron chi connectivity index (χ0n) is 20.4. The number of ether oxygens (including phenoxy) is 2. The largest absolute Gasteiger partial charge is 0.465 e. The molecule has 1 unspecified atom stereocenters. The van der Waals surface area contributed by atoms with Crippen LogP contribution in [0.4, 0.5) is 10.7 Å². The van der Waals surface area contributed by atoms with Gasteiger partial charge in [-0.2, -0.15) is 0 Å². The van der Waals surface area contributed by atoms with Gasteiger partial charge in [0.05, 0.1) is 41.2 Å². The van der Waals surface area contributed by atoms with Gasteiger partial charge in [-0.25, -0.2) is 9.59 Å². The van der Waals surface area contributed by atoms with Crippen molar-refractivity contribution in [2.75, 3.05) is 25.6 Å². The summed E-state index contributed by atoms with van der Waals surface area (Å²) in [6.45, 7) is 4.21. The number of nitro benzene ring substituents is 1. The van der Waals surface area contributed by atoms with Crippen molar-refractivity contribution >= 4 is 39.9 Å². The average molecular weight is 525 g/mol. The van der Waals surface area contributed by atoms with E-state index in [0.29, 0.717) is 23.5 Å². The maximum Gasteiger partial charge on any atom is 0.341 e. The summed E-state index contributed by atoms with van der Waals surface area (Å²) in [5, 5.41) is 14.4. The third-order valence-corrected chi connectivity index (χ3v) is 7.19. The first-order valence-electron chi connectivity index (χ1n) is 11.7. The first-order chi connectivity index (χ1) is 17.8. The molecule has 10 nitrogen and oxygen atoms in total. The lowest BCUT2D eigenvalue weighted by atomic mass is 10.0. The van der Waals surface area contributed by atoms with Crippen LogP contribution in [0.25, 0.3) is 0 Å². The number of quaternary nitrogens is 1. The molecule has 1 atom stereocenters. The topological polar surface area (TPSA) is 129 Å². The second-order valence-electron chi connectivity index (χ2n) is 8.49. The van der Waals surface area contributed by atoms with E-state index in [1.165, 1.54) is 27.9 Å². The van der Waals surface area contributed by atoms with Crippen LogP contribution in [0.5, 0.6) is 0 Å². The molecule has 1 aliphatic heterocycles. The van der Waals surface area contributed by atoms with Crippen molar-refractivity contribution in [3.8, 4) is 0 Å². The van der Waals surface area contributed by atoms with Crippen LogP contribution in [0.15, 0.2) is 48.5 Å². The van der Waals surface area contributed by atoms with Gasteiger partial charge in [0, 0.05) is 29.7 Å². The van der Waals surface area contributed by atoms with Crippen molar-refractivity contribution in [3.63, 3.8) is 0 Å². The number of nitrogens with one attached hydrogen (secondary N) is 2. The number of non-ortho nitro benzene ring substituents is 1. The summed E-state index contributed by atoms with van der Waals surface area (Å²) in [7, 11) is 1.14. The Morgan fingerprint density at radius 1 is 1.11 bits per heavy atom. The molecule has 2 N–H and O–H groups in total. The molecule has 0 aliphatic carbocycles. The van der Waals surface area contributed by atoms with Crippen molar-refractivity contribution in [2.24, 2.45) is 0 Å². The SMILES string of the molecule is CCOC(=O)c1c(NC(=O)c2cc(C(=O)OC)cc([N+](=O)[O-])c2)sc2c1CC[NH+](Cc1ccccc1)C2. The molecule has 1 amide bonds. The zero-order chi connectivity index (χ0) is 26.5. The van der Waals surface area contributed by atoms with E-state index >= 15 is 0 Å². The number of carbonyl (C=O) groups is 3. The number of anilines is 1. The minimum atomic E-state index is -0.807. The molecule has 0 saturated carbocycles. The number of hydrogen-bond donors (Lipinski definition) is 2. The van der Waals surface area contributed by atoms with Crippen molar-refractivity contribution in [2.45, 2.75) is 26.4 Å².